The first-order valence-electron chi connectivity index (χ1n) is 8.48. The van der Waals surface area contributed by atoms with Crippen LogP contribution in [0.2, 0.25) is 0 Å². The number of alkyl halides is 1. The smallest absolute Gasteiger partial charge is 0.0523 e. The van der Waals surface area contributed by atoms with E-state index in [4.69, 9.17) is 0 Å². The summed E-state index contributed by atoms with van der Waals surface area (Å²) in [7, 11) is 0. The van der Waals surface area contributed by atoms with Gasteiger partial charge in [-0.2, -0.15) is 0 Å². The van der Waals surface area contributed by atoms with Crippen LogP contribution < -0.4 is 5.32 Å². The van der Waals surface area contributed by atoms with Gasteiger partial charge < -0.3 is 5.32 Å². The van der Waals surface area contributed by atoms with Gasteiger partial charge in [0.2, 0.25) is 0 Å². The molecule has 0 spiro atoms. The molecule has 0 bridgehead atoms. The third-order valence-electron chi connectivity index (χ3n) is 4.74. The fourth-order valence-electron chi connectivity index (χ4n) is 2.82. The summed E-state index contributed by atoms with van der Waals surface area (Å²) in [4.78, 5) is 0. The van der Waals surface area contributed by atoms with Crippen molar-refractivity contribution >= 4 is 37.5 Å². The number of anilines is 1. The molecule has 1 N–H and O–H groups in total. The van der Waals surface area contributed by atoms with Crippen molar-refractivity contribution in [1.82, 2.24) is 0 Å². The van der Waals surface area contributed by atoms with Crippen molar-refractivity contribution in [3.63, 3.8) is 0 Å². The number of rotatable bonds is 3. The zero-order chi connectivity index (χ0) is 18.1. The molecule has 2 aromatic carbocycles. The van der Waals surface area contributed by atoms with Crippen LogP contribution in [0.4, 0.5) is 5.69 Å². The van der Waals surface area contributed by atoms with E-state index in [9.17, 15) is 0 Å². The van der Waals surface area contributed by atoms with Crippen molar-refractivity contribution in [3.8, 4) is 11.1 Å². The Morgan fingerprint density at radius 1 is 0.920 bits per heavy atom. The molecule has 0 aromatic heterocycles. The summed E-state index contributed by atoms with van der Waals surface area (Å²) < 4.78 is 1.13. The van der Waals surface area contributed by atoms with Crippen molar-refractivity contribution in [1.29, 1.82) is 0 Å². The van der Waals surface area contributed by atoms with E-state index in [1.165, 1.54) is 11.1 Å². The summed E-state index contributed by atoms with van der Waals surface area (Å²) in [5, 5.41) is 3.50. The van der Waals surface area contributed by atoms with Gasteiger partial charge in [0.1, 0.15) is 0 Å². The highest BCUT2D eigenvalue weighted by atomic mass is 79.9. The van der Waals surface area contributed by atoms with Crippen LogP contribution in [0.25, 0.3) is 11.1 Å². The molecule has 3 heteroatoms. The summed E-state index contributed by atoms with van der Waals surface area (Å²) in [5.41, 5.74) is 4.88. The Bertz CT molecular complexity index is 795. The second kappa shape index (κ2) is 7.13. The van der Waals surface area contributed by atoms with E-state index in [1.807, 2.05) is 0 Å². The van der Waals surface area contributed by atoms with E-state index >= 15 is 0 Å². The van der Waals surface area contributed by atoms with Gasteiger partial charge >= 0.3 is 0 Å². The van der Waals surface area contributed by atoms with Crippen LogP contribution in [0, 0.1) is 5.41 Å². The Morgan fingerprint density at radius 3 is 1.96 bits per heavy atom. The Kier molecular flexibility index (Phi) is 5.26. The number of allylic oxidation sites excluding steroid dienone is 3. The molecule has 130 valence electrons. The molecular weight excluding hydrogens is 438 g/mol. The maximum Gasteiger partial charge on any atom is 0.0523 e. The van der Waals surface area contributed by atoms with E-state index in [1.54, 1.807) is 0 Å². The predicted octanol–water partition coefficient (Wildman–Crippen LogP) is 7.55. The standard InChI is InChI=1S/C22H23Br2N/c1-21(2,3)22(24)14-12-20(13-15-22)25-19-10-6-17(7-11-19)16-4-8-18(23)9-5-16/h4-14,25H,15H2,1-3H3. The Hall–Kier alpha value is -1.32. The van der Waals surface area contributed by atoms with Crippen LogP contribution in [-0.2, 0) is 0 Å². The van der Waals surface area contributed by atoms with Gasteiger partial charge in [-0.15, -0.1) is 0 Å². The van der Waals surface area contributed by atoms with Gasteiger partial charge in [0.15, 0.2) is 0 Å². The van der Waals surface area contributed by atoms with Crippen molar-refractivity contribution < 1.29 is 0 Å². The summed E-state index contributed by atoms with van der Waals surface area (Å²) in [5.74, 6) is 0. The van der Waals surface area contributed by atoms with Gasteiger partial charge in [0.25, 0.3) is 0 Å². The molecule has 0 fully saturated rings. The normalized spacial score (nSPS) is 20.3. The second-order valence-corrected chi connectivity index (χ2v) is 9.85. The highest BCUT2D eigenvalue weighted by Crippen LogP contribution is 2.44. The van der Waals surface area contributed by atoms with Crippen molar-refractivity contribution in [2.24, 2.45) is 5.41 Å². The average molecular weight is 461 g/mol. The Labute approximate surface area is 167 Å². The Morgan fingerprint density at radius 2 is 1.48 bits per heavy atom. The predicted molar refractivity (Wildman–Crippen MR) is 116 cm³/mol. The topological polar surface area (TPSA) is 12.0 Å². The molecule has 1 aliphatic rings. The molecule has 1 aliphatic carbocycles. The van der Waals surface area contributed by atoms with Crippen molar-refractivity contribution in [2.45, 2.75) is 31.5 Å². The zero-order valence-corrected chi connectivity index (χ0v) is 18.0. The van der Waals surface area contributed by atoms with Crippen LogP contribution in [0.5, 0.6) is 0 Å². The van der Waals surface area contributed by atoms with Crippen molar-refractivity contribution in [2.75, 3.05) is 5.32 Å². The fourth-order valence-corrected chi connectivity index (χ4v) is 3.38. The summed E-state index contributed by atoms with van der Waals surface area (Å²) >= 11 is 7.39. The molecule has 3 rings (SSSR count). The summed E-state index contributed by atoms with van der Waals surface area (Å²) in [6.07, 6.45) is 7.69. The highest BCUT2D eigenvalue weighted by Gasteiger charge is 2.37. The molecule has 0 radical (unpaired) electrons. The van der Waals surface area contributed by atoms with Gasteiger partial charge in [-0.25, -0.2) is 0 Å². The number of benzene rings is 2. The third kappa shape index (κ3) is 4.27. The van der Waals surface area contributed by atoms with Gasteiger partial charge in [0, 0.05) is 15.9 Å². The molecule has 1 nitrogen and oxygen atoms in total. The molecule has 0 amide bonds. The summed E-state index contributed by atoms with van der Waals surface area (Å²) in [6, 6.07) is 17.0. The van der Waals surface area contributed by atoms with E-state index in [0.29, 0.717) is 0 Å². The van der Waals surface area contributed by atoms with Crippen LogP contribution in [0.3, 0.4) is 0 Å². The second-order valence-electron chi connectivity index (χ2n) is 7.52. The van der Waals surface area contributed by atoms with Crippen LogP contribution in [-0.4, -0.2) is 4.32 Å². The maximum absolute atomic E-state index is 3.91. The lowest BCUT2D eigenvalue weighted by atomic mass is 9.76. The van der Waals surface area contributed by atoms with Crippen LogP contribution in [0.1, 0.15) is 27.2 Å². The van der Waals surface area contributed by atoms with Gasteiger partial charge in [0.05, 0.1) is 4.32 Å². The minimum absolute atomic E-state index is 0.0244. The quantitative estimate of drug-likeness (QED) is 0.466. The zero-order valence-electron chi connectivity index (χ0n) is 14.8. The van der Waals surface area contributed by atoms with Crippen LogP contribution >= 0.6 is 31.9 Å². The molecule has 0 saturated heterocycles. The molecule has 0 aliphatic heterocycles. The van der Waals surface area contributed by atoms with Crippen molar-refractivity contribution in [3.05, 3.63) is 76.9 Å². The molecule has 1 unspecified atom stereocenters. The first-order valence-corrected chi connectivity index (χ1v) is 10.1. The maximum atomic E-state index is 3.91. The molecular formula is C22H23Br2N. The van der Waals surface area contributed by atoms with Gasteiger partial charge in [-0.3, -0.25) is 0 Å². The first kappa shape index (κ1) is 18.5. The number of nitrogens with one attached hydrogen (secondary N) is 1. The third-order valence-corrected chi connectivity index (χ3v) is 7.05. The van der Waals surface area contributed by atoms with E-state index in [-0.39, 0.29) is 9.74 Å². The Balaban J connectivity index is 1.69. The monoisotopic (exact) mass is 459 g/mol. The first-order chi connectivity index (χ1) is 11.8. The number of hydrogen-bond acceptors (Lipinski definition) is 1. The molecule has 0 heterocycles. The van der Waals surface area contributed by atoms with Gasteiger partial charge in [-0.05, 0) is 53.3 Å². The highest BCUT2D eigenvalue weighted by molar-refractivity contribution is 9.10. The fraction of sp³-hybridized carbons (Fsp3) is 0.273. The van der Waals surface area contributed by atoms with Gasteiger partial charge in [-0.1, -0.05) is 89.0 Å². The summed E-state index contributed by atoms with van der Waals surface area (Å²) in [6.45, 7) is 6.79. The number of hydrogen-bond donors (Lipinski definition) is 1. The molecule has 25 heavy (non-hydrogen) atoms. The lowest BCUT2D eigenvalue weighted by molar-refractivity contribution is 0.335. The lowest BCUT2D eigenvalue weighted by Crippen LogP contribution is -2.35. The van der Waals surface area contributed by atoms with E-state index in [0.717, 1.165) is 22.3 Å². The van der Waals surface area contributed by atoms with E-state index < -0.39 is 0 Å². The molecule has 0 saturated carbocycles. The molecule has 1 atom stereocenters. The average Bonchev–Trinajstić information content (AvgIpc) is 2.58. The minimum atomic E-state index is 0.0244. The molecule has 2 aromatic rings. The van der Waals surface area contributed by atoms with Crippen LogP contribution in [0.15, 0.2) is 76.9 Å². The minimum Gasteiger partial charge on any atom is -0.356 e. The largest absolute Gasteiger partial charge is 0.356 e. The lowest BCUT2D eigenvalue weighted by Gasteiger charge is -2.39. The SMILES string of the molecule is CC(C)(C)C1(Br)C=CC(Nc2ccc(-c3ccc(Br)cc3)cc2)=CC1. The van der Waals surface area contributed by atoms with E-state index in [2.05, 4.69) is 125 Å². The number of halogens is 2.